The third-order valence-electron chi connectivity index (χ3n) is 3.71. The molecule has 1 aliphatic rings. The van der Waals surface area contributed by atoms with Gasteiger partial charge >= 0.3 is 0 Å². The van der Waals surface area contributed by atoms with E-state index in [1.165, 1.54) is 10.6 Å². The second-order valence-corrected chi connectivity index (χ2v) is 7.93. The van der Waals surface area contributed by atoms with Gasteiger partial charge in [-0.1, -0.05) is 0 Å². The van der Waals surface area contributed by atoms with Crippen LogP contribution in [0.2, 0.25) is 0 Å². The number of nitrogens with zero attached hydrogens (tertiary/aromatic N) is 3. The van der Waals surface area contributed by atoms with Gasteiger partial charge in [0.15, 0.2) is 0 Å². The average Bonchev–Trinajstić information content (AvgIpc) is 2.53. The number of ether oxygens (including phenoxy) is 1. The predicted octanol–water partition coefficient (Wildman–Crippen LogP) is -0.710. The number of hydrogen-bond donors (Lipinski definition) is 1. The zero-order valence-electron chi connectivity index (χ0n) is 14.0. The van der Waals surface area contributed by atoms with Gasteiger partial charge in [0.05, 0.1) is 25.5 Å². The molecule has 0 spiro atoms. The Morgan fingerprint density at radius 1 is 1.46 bits per heavy atom. The molecule has 1 atom stereocenters. The summed E-state index contributed by atoms with van der Waals surface area (Å²) in [6.07, 6.45) is 4.30. The lowest BCUT2D eigenvalue weighted by Gasteiger charge is -2.31. The number of hydrogen-bond acceptors (Lipinski definition) is 6. The van der Waals surface area contributed by atoms with E-state index >= 15 is 0 Å². The third kappa shape index (κ3) is 6.16. The quantitative estimate of drug-likeness (QED) is 0.694. The van der Waals surface area contributed by atoms with E-state index < -0.39 is 10.0 Å². The van der Waals surface area contributed by atoms with Gasteiger partial charge < -0.3 is 10.1 Å². The molecule has 2 rings (SSSR count). The molecule has 0 aromatic carbocycles. The number of morpholine rings is 1. The Balaban J connectivity index is 1.72. The van der Waals surface area contributed by atoms with Crippen LogP contribution in [0.5, 0.6) is 0 Å². The fourth-order valence-corrected chi connectivity index (χ4v) is 3.34. The van der Waals surface area contributed by atoms with Crippen molar-refractivity contribution in [2.24, 2.45) is 0 Å². The summed E-state index contributed by atoms with van der Waals surface area (Å²) in [7, 11) is -1.36. The molecular weight excluding hydrogens is 332 g/mol. The largest absolute Gasteiger partial charge is 0.374 e. The number of nitrogens with one attached hydrogen (secondary N) is 1. The van der Waals surface area contributed by atoms with E-state index in [1.54, 1.807) is 12.4 Å². The summed E-state index contributed by atoms with van der Waals surface area (Å²) in [5.41, 5.74) is 1.08. The van der Waals surface area contributed by atoms with Gasteiger partial charge in [0.1, 0.15) is 0 Å². The first-order valence-electron chi connectivity index (χ1n) is 7.75. The molecule has 0 unspecified atom stereocenters. The van der Waals surface area contributed by atoms with Gasteiger partial charge in [-0.2, -0.15) is 4.31 Å². The highest BCUT2D eigenvalue weighted by Crippen LogP contribution is 2.08. The van der Waals surface area contributed by atoms with Crippen molar-refractivity contribution >= 4 is 15.9 Å². The number of aromatic nitrogens is 1. The molecule has 24 heavy (non-hydrogen) atoms. The first-order valence-corrected chi connectivity index (χ1v) is 9.60. The number of sulfonamides is 1. The minimum atomic E-state index is -3.22. The SMILES string of the molecule is CN(CC(=O)NC[C@H]1CN(S(C)(=O)=O)CCO1)Cc1ccncc1. The second kappa shape index (κ2) is 8.52. The lowest BCUT2D eigenvalue weighted by Crippen LogP contribution is -2.50. The molecule has 8 nitrogen and oxygen atoms in total. The van der Waals surface area contributed by atoms with Crippen LogP contribution in [-0.2, 0) is 26.1 Å². The van der Waals surface area contributed by atoms with E-state index in [1.807, 2.05) is 24.1 Å². The molecule has 134 valence electrons. The Morgan fingerprint density at radius 3 is 2.83 bits per heavy atom. The van der Waals surface area contributed by atoms with Crippen molar-refractivity contribution in [2.45, 2.75) is 12.6 Å². The monoisotopic (exact) mass is 356 g/mol. The van der Waals surface area contributed by atoms with Crippen LogP contribution in [0.3, 0.4) is 0 Å². The van der Waals surface area contributed by atoms with Gasteiger partial charge in [0.25, 0.3) is 0 Å². The van der Waals surface area contributed by atoms with Gasteiger partial charge in [-0.25, -0.2) is 8.42 Å². The number of pyridine rings is 1. The van der Waals surface area contributed by atoms with Crippen LogP contribution in [0, 0.1) is 0 Å². The van der Waals surface area contributed by atoms with E-state index in [0.29, 0.717) is 26.2 Å². The molecule has 9 heteroatoms. The number of carbonyl (C=O) groups is 1. The summed E-state index contributed by atoms with van der Waals surface area (Å²) in [6.45, 7) is 2.18. The molecule has 1 aromatic rings. The van der Waals surface area contributed by atoms with Crippen molar-refractivity contribution in [1.82, 2.24) is 19.5 Å². The first kappa shape index (κ1) is 18.8. The highest BCUT2D eigenvalue weighted by atomic mass is 32.2. The van der Waals surface area contributed by atoms with E-state index in [9.17, 15) is 13.2 Å². The number of rotatable bonds is 7. The zero-order chi connectivity index (χ0) is 17.6. The minimum Gasteiger partial charge on any atom is -0.374 e. The van der Waals surface area contributed by atoms with Crippen LogP contribution in [0.1, 0.15) is 5.56 Å². The second-order valence-electron chi connectivity index (χ2n) is 5.95. The lowest BCUT2D eigenvalue weighted by molar-refractivity contribution is -0.123. The van der Waals surface area contributed by atoms with Crippen molar-refractivity contribution in [3.05, 3.63) is 30.1 Å². The number of carbonyl (C=O) groups excluding carboxylic acids is 1. The fraction of sp³-hybridized carbons (Fsp3) is 0.600. The maximum atomic E-state index is 12.0. The Bertz CT molecular complexity index is 638. The standard InChI is InChI=1S/C15H24N4O4S/c1-18(10-13-3-5-16-6-4-13)12-15(20)17-9-14-11-19(7-8-23-14)24(2,21)22/h3-6,14H,7-12H2,1-2H3,(H,17,20)/t14-/m0/s1. The van der Waals surface area contributed by atoms with Crippen molar-refractivity contribution in [2.75, 3.05) is 46.1 Å². The topological polar surface area (TPSA) is 91.8 Å². The minimum absolute atomic E-state index is 0.119. The molecular formula is C15H24N4O4S. The maximum absolute atomic E-state index is 12.0. The van der Waals surface area contributed by atoms with E-state index in [4.69, 9.17) is 4.74 Å². The van der Waals surface area contributed by atoms with Crippen LogP contribution in [0.15, 0.2) is 24.5 Å². The Kier molecular flexibility index (Phi) is 6.67. The molecule has 1 amide bonds. The normalized spacial score (nSPS) is 19.4. The molecule has 1 aromatic heterocycles. The summed E-state index contributed by atoms with van der Waals surface area (Å²) in [4.78, 5) is 17.9. The highest BCUT2D eigenvalue weighted by molar-refractivity contribution is 7.88. The van der Waals surface area contributed by atoms with Crippen molar-refractivity contribution in [1.29, 1.82) is 0 Å². The summed E-state index contributed by atoms with van der Waals surface area (Å²) in [6, 6.07) is 3.81. The molecule has 2 heterocycles. The van der Waals surface area contributed by atoms with Crippen molar-refractivity contribution in [3.8, 4) is 0 Å². The smallest absolute Gasteiger partial charge is 0.234 e. The lowest BCUT2D eigenvalue weighted by atomic mass is 10.2. The van der Waals surface area contributed by atoms with Crippen molar-refractivity contribution < 1.29 is 17.9 Å². The molecule has 1 saturated heterocycles. The van der Waals surface area contributed by atoms with Gasteiger partial charge in [-0.05, 0) is 24.7 Å². The van der Waals surface area contributed by atoms with Crippen LogP contribution in [-0.4, -0.2) is 80.7 Å². The van der Waals surface area contributed by atoms with Crippen LogP contribution in [0.4, 0.5) is 0 Å². The molecule has 0 radical (unpaired) electrons. The molecule has 1 aliphatic heterocycles. The zero-order valence-corrected chi connectivity index (χ0v) is 14.8. The van der Waals surface area contributed by atoms with Gasteiger partial charge in [-0.3, -0.25) is 14.7 Å². The molecule has 0 saturated carbocycles. The first-order chi connectivity index (χ1) is 11.3. The van der Waals surface area contributed by atoms with E-state index in [2.05, 4.69) is 10.3 Å². The molecule has 1 fully saturated rings. The molecule has 0 aliphatic carbocycles. The highest BCUT2D eigenvalue weighted by Gasteiger charge is 2.26. The van der Waals surface area contributed by atoms with Crippen molar-refractivity contribution in [3.63, 3.8) is 0 Å². The Hall–Kier alpha value is -1.55. The number of amides is 1. The van der Waals surface area contributed by atoms with Crippen LogP contribution < -0.4 is 5.32 Å². The predicted molar refractivity (Wildman–Crippen MR) is 89.7 cm³/mol. The van der Waals surface area contributed by atoms with E-state index in [0.717, 1.165) is 5.56 Å². The molecule has 0 bridgehead atoms. The molecule has 1 N–H and O–H groups in total. The Labute approximate surface area is 142 Å². The maximum Gasteiger partial charge on any atom is 0.234 e. The van der Waals surface area contributed by atoms with Crippen LogP contribution >= 0.6 is 0 Å². The van der Waals surface area contributed by atoms with Gasteiger partial charge in [-0.15, -0.1) is 0 Å². The number of likely N-dealkylation sites (N-methyl/N-ethyl adjacent to an activating group) is 1. The third-order valence-corrected chi connectivity index (χ3v) is 4.98. The summed E-state index contributed by atoms with van der Waals surface area (Å²) < 4.78 is 30.0. The van der Waals surface area contributed by atoms with Gasteiger partial charge in [0.2, 0.25) is 15.9 Å². The fourth-order valence-electron chi connectivity index (χ4n) is 2.50. The van der Waals surface area contributed by atoms with Crippen LogP contribution in [0.25, 0.3) is 0 Å². The summed E-state index contributed by atoms with van der Waals surface area (Å²) >= 11 is 0. The summed E-state index contributed by atoms with van der Waals surface area (Å²) in [5, 5.41) is 2.80. The van der Waals surface area contributed by atoms with Gasteiger partial charge in [0, 0.05) is 38.6 Å². The Morgan fingerprint density at radius 2 is 2.17 bits per heavy atom. The summed E-state index contributed by atoms with van der Waals surface area (Å²) in [5.74, 6) is -0.119. The van der Waals surface area contributed by atoms with E-state index in [-0.39, 0.29) is 25.1 Å². The average molecular weight is 356 g/mol.